The molecule has 1 heterocycles. The number of piperidine rings is 1. The highest BCUT2D eigenvalue weighted by Crippen LogP contribution is 2.23. The van der Waals surface area contributed by atoms with E-state index >= 15 is 0 Å². The molecule has 0 aliphatic carbocycles. The maximum absolute atomic E-state index is 13.1. The number of halogens is 1. The maximum Gasteiger partial charge on any atom is 0.308 e. The lowest BCUT2D eigenvalue weighted by atomic mass is 9.90. The molecule has 1 aliphatic heterocycles. The zero-order chi connectivity index (χ0) is 17.7. The number of carboxylic acids is 1. The lowest BCUT2D eigenvalue weighted by Crippen LogP contribution is -2.52. The third-order valence-electron chi connectivity index (χ3n) is 4.32. The Kier molecular flexibility index (Phi) is 5.89. The van der Waals surface area contributed by atoms with Gasteiger partial charge in [-0.2, -0.15) is 0 Å². The van der Waals surface area contributed by atoms with E-state index in [1.54, 1.807) is 13.0 Å². The minimum atomic E-state index is -0.907. The zero-order valence-corrected chi connectivity index (χ0v) is 13.5. The van der Waals surface area contributed by atoms with Crippen LogP contribution in [0.3, 0.4) is 0 Å². The number of amides is 2. The zero-order valence-electron chi connectivity index (χ0n) is 13.5. The minimum absolute atomic E-state index is 0.0155. The van der Waals surface area contributed by atoms with E-state index in [0.717, 1.165) is 0 Å². The first-order valence-corrected chi connectivity index (χ1v) is 7.92. The summed E-state index contributed by atoms with van der Waals surface area (Å²) >= 11 is 0. The summed E-state index contributed by atoms with van der Waals surface area (Å²) in [4.78, 5) is 36.8. The molecular formula is C17H21FN2O4. The molecule has 0 spiro atoms. The van der Waals surface area contributed by atoms with E-state index in [9.17, 15) is 23.9 Å². The fourth-order valence-corrected chi connectivity index (χ4v) is 3.00. The summed E-state index contributed by atoms with van der Waals surface area (Å²) in [5.41, 5.74) is 0.525. The van der Waals surface area contributed by atoms with Gasteiger partial charge in [0.25, 0.3) is 0 Å². The normalized spacial score (nSPS) is 20.5. The highest BCUT2D eigenvalue weighted by molar-refractivity contribution is 5.86. The van der Waals surface area contributed by atoms with Crippen molar-refractivity contribution in [3.8, 4) is 0 Å². The first kappa shape index (κ1) is 17.9. The molecule has 2 amide bonds. The number of rotatable bonds is 5. The number of hydrogen-bond acceptors (Lipinski definition) is 3. The summed E-state index contributed by atoms with van der Waals surface area (Å²) in [6, 6.07) is 5.32. The van der Waals surface area contributed by atoms with Crippen LogP contribution >= 0.6 is 0 Å². The van der Waals surface area contributed by atoms with Crippen molar-refractivity contribution in [2.45, 2.75) is 32.2 Å². The molecule has 0 aromatic heterocycles. The molecule has 1 aromatic carbocycles. The number of benzene rings is 1. The highest BCUT2D eigenvalue weighted by atomic mass is 19.1. The lowest BCUT2D eigenvalue weighted by molar-refractivity contribution is -0.149. The molecule has 1 fully saturated rings. The molecule has 0 saturated carbocycles. The second kappa shape index (κ2) is 7.90. The second-order valence-electron chi connectivity index (χ2n) is 6.00. The monoisotopic (exact) mass is 336 g/mol. The van der Waals surface area contributed by atoms with Crippen molar-refractivity contribution < 1.29 is 23.9 Å². The predicted molar refractivity (Wildman–Crippen MR) is 84.6 cm³/mol. The van der Waals surface area contributed by atoms with Crippen LogP contribution in [0.4, 0.5) is 4.39 Å². The van der Waals surface area contributed by atoms with Crippen LogP contribution in [0.2, 0.25) is 0 Å². The molecule has 130 valence electrons. The van der Waals surface area contributed by atoms with Crippen LogP contribution in [-0.4, -0.2) is 46.9 Å². The second-order valence-corrected chi connectivity index (χ2v) is 6.00. The van der Waals surface area contributed by atoms with Gasteiger partial charge in [0, 0.05) is 12.6 Å². The van der Waals surface area contributed by atoms with E-state index in [0.29, 0.717) is 24.9 Å². The predicted octanol–water partition coefficient (Wildman–Crippen LogP) is 1.20. The molecule has 24 heavy (non-hydrogen) atoms. The summed E-state index contributed by atoms with van der Waals surface area (Å²) in [6.07, 6.45) is 1.16. The number of carbonyl (C=O) groups is 3. The number of hydrogen-bond donors (Lipinski definition) is 2. The Balaban J connectivity index is 1.86. The van der Waals surface area contributed by atoms with Gasteiger partial charge in [-0.05, 0) is 37.5 Å². The quantitative estimate of drug-likeness (QED) is 0.846. The number of nitrogens with zero attached hydrogens (tertiary/aromatic N) is 1. The van der Waals surface area contributed by atoms with Crippen molar-refractivity contribution in [2.75, 3.05) is 13.1 Å². The Morgan fingerprint density at radius 3 is 2.79 bits per heavy atom. The SMILES string of the molecule is C[C@@H]1[C@H](C(=O)O)CCCN1C(=O)CNC(=O)Cc1cccc(F)c1. The molecule has 2 N–H and O–H groups in total. The van der Waals surface area contributed by atoms with Crippen molar-refractivity contribution in [2.24, 2.45) is 5.92 Å². The largest absolute Gasteiger partial charge is 0.481 e. The Hall–Kier alpha value is -2.44. The average Bonchev–Trinajstić information content (AvgIpc) is 2.52. The van der Waals surface area contributed by atoms with Crippen LogP contribution in [0.15, 0.2) is 24.3 Å². The Bertz CT molecular complexity index is 635. The Morgan fingerprint density at radius 1 is 1.38 bits per heavy atom. The van der Waals surface area contributed by atoms with Crippen LogP contribution in [0, 0.1) is 11.7 Å². The van der Waals surface area contributed by atoms with Gasteiger partial charge in [-0.15, -0.1) is 0 Å². The van der Waals surface area contributed by atoms with Crippen molar-refractivity contribution in [1.29, 1.82) is 0 Å². The van der Waals surface area contributed by atoms with Gasteiger partial charge in [0.1, 0.15) is 5.82 Å². The van der Waals surface area contributed by atoms with Crippen LogP contribution in [0.5, 0.6) is 0 Å². The topological polar surface area (TPSA) is 86.7 Å². The summed E-state index contributed by atoms with van der Waals surface area (Å²) in [6.45, 7) is 2.01. The summed E-state index contributed by atoms with van der Waals surface area (Å²) in [7, 11) is 0. The van der Waals surface area contributed by atoms with E-state index < -0.39 is 23.7 Å². The van der Waals surface area contributed by atoms with Crippen molar-refractivity contribution in [3.05, 3.63) is 35.6 Å². The first-order valence-electron chi connectivity index (χ1n) is 7.92. The first-order chi connectivity index (χ1) is 11.4. The molecule has 1 saturated heterocycles. The van der Waals surface area contributed by atoms with Crippen LogP contribution < -0.4 is 5.32 Å². The fourth-order valence-electron chi connectivity index (χ4n) is 3.00. The molecule has 6 nitrogen and oxygen atoms in total. The third-order valence-corrected chi connectivity index (χ3v) is 4.32. The molecule has 2 atom stereocenters. The van der Waals surface area contributed by atoms with Gasteiger partial charge in [0.2, 0.25) is 11.8 Å². The standard InChI is InChI=1S/C17H21FN2O4/c1-11-14(17(23)24)6-3-7-20(11)16(22)10-19-15(21)9-12-4-2-5-13(18)8-12/h2,4-5,8,11,14H,3,6-7,9-10H2,1H3,(H,19,21)(H,23,24)/t11-,14-/m1/s1. The number of nitrogens with one attached hydrogen (secondary N) is 1. The summed E-state index contributed by atoms with van der Waals surface area (Å²) in [5.74, 6) is -2.59. The Labute approximate surface area is 139 Å². The smallest absolute Gasteiger partial charge is 0.308 e. The van der Waals surface area contributed by atoms with Crippen molar-refractivity contribution in [1.82, 2.24) is 10.2 Å². The average molecular weight is 336 g/mol. The van der Waals surface area contributed by atoms with E-state index in [1.165, 1.54) is 23.1 Å². The van der Waals surface area contributed by atoms with Gasteiger partial charge < -0.3 is 15.3 Å². The third kappa shape index (κ3) is 4.53. The van der Waals surface area contributed by atoms with Gasteiger partial charge in [0.05, 0.1) is 18.9 Å². The lowest BCUT2D eigenvalue weighted by Gasteiger charge is -2.37. The minimum Gasteiger partial charge on any atom is -0.481 e. The Morgan fingerprint density at radius 2 is 2.12 bits per heavy atom. The number of aliphatic carboxylic acids is 1. The molecule has 1 aliphatic rings. The van der Waals surface area contributed by atoms with Crippen molar-refractivity contribution in [3.63, 3.8) is 0 Å². The molecule has 1 aromatic rings. The van der Waals surface area contributed by atoms with Gasteiger partial charge >= 0.3 is 5.97 Å². The van der Waals surface area contributed by atoms with E-state index in [-0.39, 0.29) is 24.8 Å². The highest BCUT2D eigenvalue weighted by Gasteiger charge is 2.35. The molecule has 2 rings (SSSR count). The van der Waals surface area contributed by atoms with E-state index in [4.69, 9.17) is 0 Å². The number of likely N-dealkylation sites (tertiary alicyclic amines) is 1. The molecule has 7 heteroatoms. The van der Waals surface area contributed by atoms with Gasteiger partial charge in [-0.1, -0.05) is 12.1 Å². The molecule has 0 unspecified atom stereocenters. The molecular weight excluding hydrogens is 315 g/mol. The maximum atomic E-state index is 13.1. The van der Waals surface area contributed by atoms with E-state index in [1.807, 2.05) is 0 Å². The number of carboxylic acid groups (broad SMARTS) is 1. The summed E-state index contributed by atoms with van der Waals surface area (Å²) in [5, 5.41) is 11.7. The van der Waals surface area contributed by atoms with Crippen LogP contribution in [-0.2, 0) is 20.8 Å². The van der Waals surface area contributed by atoms with Gasteiger partial charge in [0.15, 0.2) is 0 Å². The van der Waals surface area contributed by atoms with Gasteiger partial charge in [-0.3, -0.25) is 14.4 Å². The molecule has 0 radical (unpaired) electrons. The van der Waals surface area contributed by atoms with Crippen LogP contribution in [0.1, 0.15) is 25.3 Å². The van der Waals surface area contributed by atoms with Crippen LogP contribution in [0.25, 0.3) is 0 Å². The number of carbonyl (C=O) groups excluding carboxylic acids is 2. The van der Waals surface area contributed by atoms with Crippen molar-refractivity contribution >= 4 is 17.8 Å². The van der Waals surface area contributed by atoms with E-state index in [2.05, 4.69) is 5.32 Å². The van der Waals surface area contributed by atoms with Gasteiger partial charge in [-0.25, -0.2) is 4.39 Å². The molecule has 0 bridgehead atoms. The fraction of sp³-hybridized carbons (Fsp3) is 0.471. The summed E-state index contributed by atoms with van der Waals surface area (Å²) < 4.78 is 13.1.